The van der Waals surface area contributed by atoms with E-state index in [1.807, 2.05) is 17.5 Å². The standard InChI is InChI=1S/C14H16N2O3S2/c1-16(2)14(17)11-5-7-13(8-6-11)21(18,19)15-10-12-4-3-9-20-12/h3-9,15H,10H2,1-2H3. The number of nitrogens with one attached hydrogen (secondary N) is 1. The van der Waals surface area contributed by atoms with E-state index >= 15 is 0 Å². The molecule has 1 N–H and O–H groups in total. The molecule has 112 valence electrons. The third kappa shape index (κ3) is 3.90. The number of rotatable bonds is 5. The minimum absolute atomic E-state index is 0.148. The first-order valence-corrected chi connectivity index (χ1v) is 8.60. The number of amides is 1. The van der Waals surface area contributed by atoms with Crippen LogP contribution in [0.1, 0.15) is 15.2 Å². The highest BCUT2D eigenvalue weighted by Crippen LogP contribution is 2.14. The Hall–Kier alpha value is -1.70. The van der Waals surface area contributed by atoms with Crippen molar-refractivity contribution in [3.8, 4) is 0 Å². The van der Waals surface area contributed by atoms with Gasteiger partial charge >= 0.3 is 0 Å². The van der Waals surface area contributed by atoms with E-state index in [-0.39, 0.29) is 17.3 Å². The molecule has 1 aromatic carbocycles. The van der Waals surface area contributed by atoms with Crippen LogP contribution < -0.4 is 4.72 Å². The first-order valence-electron chi connectivity index (χ1n) is 6.24. The third-order valence-corrected chi connectivity index (χ3v) is 5.13. The molecule has 0 saturated heterocycles. The number of carbonyl (C=O) groups excluding carboxylic acids is 1. The van der Waals surface area contributed by atoms with Crippen molar-refractivity contribution in [1.82, 2.24) is 9.62 Å². The molecule has 5 nitrogen and oxygen atoms in total. The molecule has 0 unspecified atom stereocenters. The predicted octanol–water partition coefficient (Wildman–Crippen LogP) is 1.93. The van der Waals surface area contributed by atoms with E-state index in [4.69, 9.17) is 0 Å². The molecule has 21 heavy (non-hydrogen) atoms. The smallest absolute Gasteiger partial charge is 0.253 e. The Labute approximate surface area is 128 Å². The van der Waals surface area contributed by atoms with Gasteiger partial charge in [0, 0.05) is 31.1 Å². The number of nitrogens with zero attached hydrogens (tertiary/aromatic N) is 1. The highest BCUT2D eigenvalue weighted by Gasteiger charge is 2.15. The normalized spacial score (nSPS) is 11.3. The zero-order valence-corrected chi connectivity index (χ0v) is 13.4. The Morgan fingerprint density at radius 1 is 1.19 bits per heavy atom. The van der Waals surface area contributed by atoms with E-state index < -0.39 is 10.0 Å². The van der Waals surface area contributed by atoms with Gasteiger partial charge in [0.05, 0.1) is 4.90 Å². The van der Waals surface area contributed by atoms with Gasteiger partial charge < -0.3 is 4.90 Å². The lowest BCUT2D eigenvalue weighted by Gasteiger charge is -2.11. The molecule has 0 atom stereocenters. The number of benzene rings is 1. The molecule has 0 saturated carbocycles. The summed E-state index contributed by atoms with van der Waals surface area (Å²) in [6.45, 7) is 0.262. The SMILES string of the molecule is CN(C)C(=O)c1ccc(S(=O)(=O)NCc2cccs2)cc1. The summed E-state index contributed by atoms with van der Waals surface area (Å²) in [5.74, 6) is -0.162. The molecule has 7 heteroatoms. The van der Waals surface area contributed by atoms with E-state index in [1.165, 1.54) is 40.5 Å². The zero-order chi connectivity index (χ0) is 15.5. The molecular formula is C14H16N2O3S2. The largest absolute Gasteiger partial charge is 0.345 e. The first kappa shape index (κ1) is 15.7. The number of carbonyl (C=O) groups is 1. The Balaban J connectivity index is 2.11. The molecule has 0 fully saturated rings. The fraction of sp³-hybridized carbons (Fsp3) is 0.214. The van der Waals surface area contributed by atoms with Gasteiger partial charge in [-0.3, -0.25) is 4.79 Å². The Morgan fingerprint density at radius 2 is 1.86 bits per heavy atom. The maximum absolute atomic E-state index is 12.1. The summed E-state index contributed by atoms with van der Waals surface area (Å²) >= 11 is 1.49. The molecule has 1 heterocycles. The monoisotopic (exact) mass is 324 g/mol. The van der Waals surface area contributed by atoms with Crippen LogP contribution in [-0.4, -0.2) is 33.3 Å². The molecule has 0 aliphatic heterocycles. The van der Waals surface area contributed by atoms with Crippen molar-refractivity contribution in [2.75, 3.05) is 14.1 Å². The van der Waals surface area contributed by atoms with Gasteiger partial charge in [0.1, 0.15) is 0 Å². The van der Waals surface area contributed by atoms with Crippen LogP contribution in [0, 0.1) is 0 Å². The zero-order valence-electron chi connectivity index (χ0n) is 11.7. The fourth-order valence-corrected chi connectivity index (χ4v) is 3.44. The highest BCUT2D eigenvalue weighted by atomic mass is 32.2. The molecule has 0 bridgehead atoms. The number of thiophene rings is 1. The second-order valence-electron chi connectivity index (χ2n) is 4.63. The van der Waals surface area contributed by atoms with E-state index in [0.29, 0.717) is 5.56 Å². The van der Waals surface area contributed by atoms with Crippen molar-refractivity contribution in [1.29, 1.82) is 0 Å². The van der Waals surface area contributed by atoms with E-state index in [9.17, 15) is 13.2 Å². The Kier molecular flexibility index (Phi) is 4.76. The number of sulfonamides is 1. The van der Waals surface area contributed by atoms with Gasteiger partial charge in [0.15, 0.2) is 0 Å². The molecule has 0 radical (unpaired) electrons. The summed E-state index contributed by atoms with van der Waals surface area (Å²) < 4.78 is 26.8. The van der Waals surface area contributed by atoms with Gasteiger partial charge in [-0.15, -0.1) is 11.3 Å². The summed E-state index contributed by atoms with van der Waals surface area (Å²) in [5.41, 5.74) is 0.456. The molecule has 2 aromatic rings. The quantitative estimate of drug-likeness (QED) is 0.914. The van der Waals surface area contributed by atoms with E-state index in [0.717, 1.165) is 4.88 Å². The third-order valence-electron chi connectivity index (χ3n) is 2.83. The minimum atomic E-state index is -3.57. The van der Waals surface area contributed by atoms with Crippen molar-refractivity contribution in [3.63, 3.8) is 0 Å². The average molecular weight is 324 g/mol. The summed E-state index contributed by atoms with van der Waals surface area (Å²) in [4.78, 5) is 14.3. The van der Waals surface area contributed by atoms with Gasteiger partial charge in [-0.25, -0.2) is 13.1 Å². The minimum Gasteiger partial charge on any atom is -0.345 e. The van der Waals surface area contributed by atoms with Crippen LogP contribution in [-0.2, 0) is 16.6 Å². The lowest BCUT2D eigenvalue weighted by Crippen LogP contribution is -2.24. The molecule has 1 aromatic heterocycles. The lowest BCUT2D eigenvalue weighted by atomic mass is 10.2. The summed E-state index contributed by atoms with van der Waals surface area (Å²) in [6, 6.07) is 9.65. The van der Waals surface area contributed by atoms with Crippen LogP contribution in [0.4, 0.5) is 0 Å². The second-order valence-corrected chi connectivity index (χ2v) is 7.43. The van der Waals surface area contributed by atoms with Crippen LogP contribution >= 0.6 is 11.3 Å². The summed E-state index contributed by atoms with van der Waals surface area (Å²) in [5, 5.41) is 1.89. The van der Waals surface area contributed by atoms with Gasteiger partial charge in [-0.1, -0.05) is 6.07 Å². The molecule has 1 amide bonds. The second kappa shape index (κ2) is 6.38. The topological polar surface area (TPSA) is 66.5 Å². The van der Waals surface area contributed by atoms with Crippen molar-refractivity contribution in [2.24, 2.45) is 0 Å². The lowest BCUT2D eigenvalue weighted by molar-refractivity contribution is 0.0827. The predicted molar refractivity (Wildman–Crippen MR) is 82.8 cm³/mol. The molecule has 0 aliphatic rings. The van der Waals surface area contributed by atoms with Crippen LogP contribution in [0.25, 0.3) is 0 Å². The molecule has 2 rings (SSSR count). The van der Waals surface area contributed by atoms with Crippen molar-refractivity contribution < 1.29 is 13.2 Å². The maximum atomic E-state index is 12.1. The number of hydrogen-bond donors (Lipinski definition) is 1. The molecule has 0 aliphatic carbocycles. The van der Waals surface area contributed by atoms with Gasteiger partial charge in [-0.05, 0) is 35.7 Å². The Morgan fingerprint density at radius 3 is 2.38 bits per heavy atom. The van der Waals surface area contributed by atoms with Crippen LogP contribution in [0.5, 0.6) is 0 Å². The van der Waals surface area contributed by atoms with Gasteiger partial charge in [-0.2, -0.15) is 0 Å². The van der Waals surface area contributed by atoms with Crippen molar-refractivity contribution in [2.45, 2.75) is 11.4 Å². The van der Waals surface area contributed by atoms with E-state index in [1.54, 1.807) is 14.1 Å². The summed E-state index contributed by atoms with van der Waals surface area (Å²) in [7, 11) is -0.271. The van der Waals surface area contributed by atoms with Gasteiger partial charge in [0.25, 0.3) is 5.91 Å². The highest BCUT2D eigenvalue weighted by molar-refractivity contribution is 7.89. The van der Waals surface area contributed by atoms with Crippen LogP contribution in [0.3, 0.4) is 0 Å². The first-order chi connectivity index (χ1) is 9.90. The van der Waals surface area contributed by atoms with Crippen molar-refractivity contribution >= 4 is 27.3 Å². The average Bonchev–Trinajstić information content (AvgIpc) is 2.98. The number of hydrogen-bond acceptors (Lipinski definition) is 4. The maximum Gasteiger partial charge on any atom is 0.253 e. The molecular weight excluding hydrogens is 308 g/mol. The van der Waals surface area contributed by atoms with Crippen molar-refractivity contribution in [3.05, 3.63) is 52.2 Å². The van der Waals surface area contributed by atoms with Gasteiger partial charge in [0.2, 0.25) is 10.0 Å². The van der Waals surface area contributed by atoms with Crippen LogP contribution in [0.15, 0.2) is 46.7 Å². The Bertz CT molecular complexity index is 705. The molecule has 0 spiro atoms. The summed E-state index contributed by atoms with van der Waals surface area (Å²) in [6.07, 6.45) is 0. The van der Waals surface area contributed by atoms with E-state index in [2.05, 4.69) is 4.72 Å². The fourth-order valence-electron chi connectivity index (χ4n) is 1.70. The van der Waals surface area contributed by atoms with Crippen LogP contribution in [0.2, 0.25) is 0 Å².